The molecule has 0 spiro atoms. The molecule has 1 amide bonds. The highest BCUT2D eigenvalue weighted by molar-refractivity contribution is 5.89. The fraction of sp³-hybridized carbons (Fsp3) is 0.227. The first-order chi connectivity index (χ1) is 13.3. The average molecular weight is 375 g/mol. The predicted octanol–water partition coefficient (Wildman–Crippen LogP) is 5.22. The van der Waals surface area contributed by atoms with Crippen LogP contribution in [-0.2, 0) is 10.2 Å². The zero-order valence-electron chi connectivity index (χ0n) is 16.6. The Bertz CT molecular complexity index is 961. The van der Waals surface area contributed by atoms with Gasteiger partial charge in [-0.15, -0.1) is 0 Å². The highest BCUT2D eigenvalue weighted by atomic mass is 16.1. The standard InChI is InChI=1S/C22H25N5O/c1-15(28)24-18-6-5-7-19(14-18)25-20-12-13-23-21(27-20)26-17-10-8-16(9-11-17)22(2,3)4/h5-14H,1-4H3,(H,24,28)(H2,23,25,26,27). The van der Waals surface area contributed by atoms with Crippen LogP contribution < -0.4 is 16.0 Å². The van der Waals surface area contributed by atoms with Gasteiger partial charge in [-0.05, 0) is 47.4 Å². The van der Waals surface area contributed by atoms with Crippen LogP contribution >= 0.6 is 0 Å². The van der Waals surface area contributed by atoms with E-state index in [-0.39, 0.29) is 11.3 Å². The van der Waals surface area contributed by atoms with Crippen molar-refractivity contribution in [3.05, 3.63) is 66.4 Å². The van der Waals surface area contributed by atoms with E-state index in [0.717, 1.165) is 17.1 Å². The number of amides is 1. The lowest BCUT2D eigenvalue weighted by Crippen LogP contribution is -2.10. The van der Waals surface area contributed by atoms with Gasteiger partial charge in [0.25, 0.3) is 0 Å². The number of aromatic nitrogens is 2. The van der Waals surface area contributed by atoms with E-state index in [4.69, 9.17) is 0 Å². The quantitative estimate of drug-likeness (QED) is 0.570. The molecule has 0 aliphatic carbocycles. The second-order valence-corrected chi connectivity index (χ2v) is 7.60. The normalized spacial score (nSPS) is 11.0. The molecule has 144 valence electrons. The predicted molar refractivity (Wildman–Crippen MR) is 114 cm³/mol. The van der Waals surface area contributed by atoms with E-state index >= 15 is 0 Å². The summed E-state index contributed by atoms with van der Waals surface area (Å²) in [5.74, 6) is 1.05. The Kier molecular flexibility index (Phi) is 5.59. The first-order valence-electron chi connectivity index (χ1n) is 9.15. The Morgan fingerprint density at radius 2 is 1.61 bits per heavy atom. The smallest absolute Gasteiger partial charge is 0.229 e. The van der Waals surface area contributed by atoms with Crippen LogP contribution in [0.15, 0.2) is 60.8 Å². The van der Waals surface area contributed by atoms with E-state index in [0.29, 0.717) is 11.8 Å². The molecule has 0 aliphatic rings. The minimum absolute atomic E-state index is 0.108. The van der Waals surface area contributed by atoms with Gasteiger partial charge in [-0.1, -0.05) is 39.0 Å². The molecule has 3 N–H and O–H groups in total. The van der Waals surface area contributed by atoms with E-state index in [1.165, 1.54) is 12.5 Å². The largest absolute Gasteiger partial charge is 0.340 e. The van der Waals surface area contributed by atoms with E-state index < -0.39 is 0 Å². The Hall–Kier alpha value is -3.41. The van der Waals surface area contributed by atoms with Gasteiger partial charge in [0, 0.05) is 30.2 Å². The molecule has 0 saturated carbocycles. The molecule has 0 unspecified atom stereocenters. The van der Waals surface area contributed by atoms with Gasteiger partial charge in [0.2, 0.25) is 11.9 Å². The summed E-state index contributed by atoms with van der Waals surface area (Å²) in [7, 11) is 0. The second kappa shape index (κ2) is 8.08. The van der Waals surface area contributed by atoms with E-state index in [1.807, 2.05) is 36.4 Å². The lowest BCUT2D eigenvalue weighted by atomic mass is 9.87. The number of benzene rings is 2. The zero-order chi connectivity index (χ0) is 20.1. The molecule has 6 nitrogen and oxygen atoms in total. The molecule has 0 atom stereocenters. The molecular weight excluding hydrogens is 350 g/mol. The van der Waals surface area contributed by atoms with Gasteiger partial charge >= 0.3 is 0 Å². The number of anilines is 5. The third-order valence-electron chi connectivity index (χ3n) is 4.12. The SMILES string of the molecule is CC(=O)Nc1cccc(Nc2ccnc(Nc3ccc(C(C)(C)C)cc3)n2)c1. The van der Waals surface area contributed by atoms with Crippen molar-refractivity contribution in [2.75, 3.05) is 16.0 Å². The van der Waals surface area contributed by atoms with E-state index in [1.54, 1.807) is 12.3 Å². The maximum absolute atomic E-state index is 11.2. The summed E-state index contributed by atoms with van der Waals surface area (Å²) < 4.78 is 0. The van der Waals surface area contributed by atoms with Crippen molar-refractivity contribution in [3.8, 4) is 0 Å². The Morgan fingerprint density at radius 3 is 2.29 bits per heavy atom. The molecule has 2 aromatic carbocycles. The number of nitrogens with one attached hydrogen (secondary N) is 3. The first kappa shape index (κ1) is 19.4. The number of hydrogen-bond acceptors (Lipinski definition) is 5. The number of nitrogens with zero attached hydrogens (tertiary/aromatic N) is 2. The molecule has 1 aromatic heterocycles. The fourth-order valence-electron chi connectivity index (χ4n) is 2.70. The van der Waals surface area contributed by atoms with Crippen LogP contribution in [0.5, 0.6) is 0 Å². The summed E-state index contributed by atoms with van der Waals surface area (Å²) in [6.07, 6.45) is 1.69. The Labute approximate surface area is 165 Å². The van der Waals surface area contributed by atoms with Crippen LogP contribution in [-0.4, -0.2) is 15.9 Å². The number of carbonyl (C=O) groups is 1. The van der Waals surface area contributed by atoms with Crippen molar-refractivity contribution in [1.82, 2.24) is 9.97 Å². The van der Waals surface area contributed by atoms with Crippen molar-refractivity contribution < 1.29 is 4.79 Å². The maximum atomic E-state index is 11.2. The molecular formula is C22H25N5O. The van der Waals surface area contributed by atoms with Gasteiger partial charge < -0.3 is 16.0 Å². The molecule has 28 heavy (non-hydrogen) atoms. The Balaban J connectivity index is 1.71. The zero-order valence-corrected chi connectivity index (χ0v) is 16.6. The van der Waals surface area contributed by atoms with Gasteiger partial charge in [0.15, 0.2) is 0 Å². The minimum Gasteiger partial charge on any atom is -0.340 e. The molecule has 6 heteroatoms. The third kappa shape index (κ3) is 5.30. The van der Waals surface area contributed by atoms with Crippen LogP contribution in [0.25, 0.3) is 0 Å². The van der Waals surface area contributed by atoms with Crippen LogP contribution in [0.1, 0.15) is 33.3 Å². The summed E-state index contributed by atoms with van der Waals surface area (Å²) in [6, 6.07) is 17.5. The number of rotatable bonds is 5. The molecule has 0 aliphatic heterocycles. The van der Waals surface area contributed by atoms with Crippen LogP contribution in [0.2, 0.25) is 0 Å². The van der Waals surface area contributed by atoms with Crippen LogP contribution in [0.3, 0.4) is 0 Å². The molecule has 0 radical (unpaired) electrons. The summed E-state index contributed by atoms with van der Waals surface area (Å²) in [5.41, 5.74) is 3.87. The first-order valence-corrected chi connectivity index (χ1v) is 9.15. The van der Waals surface area contributed by atoms with Crippen LogP contribution in [0, 0.1) is 0 Å². The molecule has 3 rings (SSSR count). The number of carbonyl (C=O) groups excluding carboxylic acids is 1. The van der Waals surface area contributed by atoms with Crippen molar-refractivity contribution in [1.29, 1.82) is 0 Å². The van der Waals surface area contributed by atoms with Gasteiger partial charge in [-0.3, -0.25) is 4.79 Å². The average Bonchev–Trinajstić information content (AvgIpc) is 2.61. The maximum Gasteiger partial charge on any atom is 0.229 e. The van der Waals surface area contributed by atoms with Gasteiger partial charge in [-0.25, -0.2) is 4.98 Å². The highest BCUT2D eigenvalue weighted by Crippen LogP contribution is 2.25. The lowest BCUT2D eigenvalue weighted by molar-refractivity contribution is -0.114. The molecule has 0 saturated heterocycles. The highest BCUT2D eigenvalue weighted by Gasteiger charge is 2.13. The summed E-state index contributed by atoms with van der Waals surface area (Å²) in [5, 5.41) is 9.22. The van der Waals surface area contributed by atoms with Crippen LogP contribution in [0.4, 0.5) is 28.8 Å². The molecule has 3 aromatic rings. The third-order valence-corrected chi connectivity index (χ3v) is 4.12. The lowest BCUT2D eigenvalue weighted by Gasteiger charge is -2.19. The van der Waals surface area contributed by atoms with Crippen molar-refractivity contribution in [2.24, 2.45) is 0 Å². The van der Waals surface area contributed by atoms with Crippen molar-refractivity contribution in [2.45, 2.75) is 33.1 Å². The summed E-state index contributed by atoms with van der Waals surface area (Å²) in [6.45, 7) is 8.05. The van der Waals surface area contributed by atoms with Gasteiger partial charge in [0.05, 0.1) is 0 Å². The minimum atomic E-state index is -0.108. The van der Waals surface area contributed by atoms with Crippen molar-refractivity contribution in [3.63, 3.8) is 0 Å². The van der Waals surface area contributed by atoms with Gasteiger partial charge in [-0.2, -0.15) is 4.98 Å². The molecule has 1 heterocycles. The molecule has 0 bridgehead atoms. The second-order valence-electron chi connectivity index (χ2n) is 7.60. The molecule has 0 fully saturated rings. The Morgan fingerprint density at radius 1 is 0.893 bits per heavy atom. The topological polar surface area (TPSA) is 78.9 Å². The van der Waals surface area contributed by atoms with Gasteiger partial charge in [0.1, 0.15) is 5.82 Å². The van der Waals surface area contributed by atoms with E-state index in [2.05, 4.69) is 58.8 Å². The summed E-state index contributed by atoms with van der Waals surface area (Å²) >= 11 is 0. The summed E-state index contributed by atoms with van der Waals surface area (Å²) in [4.78, 5) is 20.0. The van der Waals surface area contributed by atoms with E-state index in [9.17, 15) is 4.79 Å². The number of hydrogen-bond donors (Lipinski definition) is 3. The monoisotopic (exact) mass is 375 g/mol. The fourth-order valence-corrected chi connectivity index (χ4v) is 2.70. The van der Waals surface area contributed by atoms with Crippen molar-refractivity contribution >= 4 is 34.7 Å².